The van der Waals surface area contributed by atoms with Gasteiger partial charge in [0.1, 0.15) is 18.3 Å². The zero-order valence-corrected chi connectivity index (χ0v) is 13.1. The standard InChI is InChI=1S/C16H21ClN4/c1-2-12-6-8-13(9-7-12)20-15-5-3-4-14(17)16(15)21-11-18-10-19-21/h3-5,10-13,20H,2,6-9H2,1H3. The van der Waals surface area contributed by atoms with Crippen LogP contribution in [0.2, 0.25) is 5.02 Å². The van der Waals surface area contributed by atoms with E-state index in [9.17, 15) is 0 Å². The Hall–Kier alpha value is -1.55. The molecule has 4 nitrogen and oxygen atoms in total. The molecule has 1 aliphatic carbocycles. The summed E-state index contributed by atoms with van der Waals surface area (Å²) in [5.41, 5.74) is 1.92. The molecule has 1 fully saturated rings. The van der Waals surface area contributed by atoms with Crippen LogP contribution in [0.4, 0.5) is 5.69 Å². The predicted octanol–water partition coefficient (Wildman–Crippen LogP) is 4.30. The second-order valence-electron chi connectivity index (χ2n) is 5.75. The summed E-state index contributed by atoms with van der Waals surface area (Å²) in [5, 5.41) is 8.55. The molecule has 5 heteroatoms. The zero-order valence-electron chi connectivity index (χ0n) is 12.3. The summed E-state index contributed by atoms with van der Waals surface area (Å²) in [4.78, 5) is 4.01. The van der Waals surface area contributed by atoms with E-state index in [-0.39, 0.29) is 0 Å². The van der Waals surface area contributed by atoms with Gasteiger partial charge in [-0.3, -0.25) is 0 Å². The van der Waals surface area contributed by atoms with Gasteiger partial charge in [-0.2, -0.15) is 5.10 Å². The fraction of sp³-hybridized carbons (Fsp3) is 0.500. The van der Waals surface area contributed by atoms with Crippen molar-refractivity contribution in [3.8, 4) is 5.69 Å². The first kappa shape index (κ1) is 14.4. The molecule has 0 atom stereocenters. The van der Waals surface area contributed by atoms with Gasteiger partial charge in [0.15, 0.2) is 0 Å². The third kappa shape index (κ3) is 3.21. The van der Waals surface area contributed by atoms with E-state index in [1.54, 1.807) is 11.0 Å². The molecule has 0 radical (unpaired) electrons. The van der Waals surface area contributed by atoms with E-state index in [0.29, 0.717) is 11.1 Å². The Morgan fingerprint density at radius 2 is 2.10 bits per heavy atom. The van der Waals surface area contributed by atoms with Crippen LogP contribution in [0.15, 0.2) is 30.9 Å². The van der Waals surface area contributed by atoms with Crippen LogP contribution < -0.4 is 5.32 Å². The summed E-state index contributed by atoms with van der Waals surface area (Å²) in [7, 11) is 0. The molecule has 1 aromatic heterocycles. The van der Waals surface area contributed by atoms with Crippen molar-refractivity contribution in [3.63, 3.8) is 0 Å². The maximum atomic E-state index is 6.36. The Morgan fingerprint density at radius 3 is 2.76 bits per heavy atom. The van der Waals surface area contributed by atoms with Crippen LogP contribution in [0.1, 0.15) is 39.0 Å². The van der Waals surface area contributed by atoms with E-state index >= 15 is 0 Å². The number of aromatic nitrogens is 3. The molecule has 1 heterocycles. The zero-order chi connectivity index (χ0) is 14.7. The third-order valence-corrected chi connectivity index (χ3v) is 4.72. The summed E-state index contributed by atoms with van der Waals surface area (Å²) in [6, 6.07) is 6.45. The first-order chi connectivity index (χ1) is 10.3. The molecule has 21 heavy (non-hydrogen) atoms. The van der Waals surface area contributed by atoms with Crippen molar-refractivity contribution in [1.29, 1.82) is 0 Å². The fourth-order valence-electron chi connectivity index (χ4n) is 3.12. The van der Waals surface area contributed by atoms with Gasteiger partial charge in [-0.1, -0.05) is 31.0 Å². The molecule has 0 aliphatic heterocycles. The van der Waals surface area contributed by atoms with Gasteiger partial charge in [0.05, 0.1) is 10.7 Å². The monoisotopic (exact) mass is 304 g/mol. The average Bonchev–Trinajstić information content (AvgIpc) is 3.02. The number of halogens is 1. The van der Waals surface area contributed by atoms with Crippen LogP contribution >= 0.6 is 11.6 Å². The quantitative estimate of drug-likeness (QED) is 0.915. The maximum absolute atomic E-state index is 6.36. The molecule has 1 saturated carbocycles. The number of hydrogen-bond donors (Lipinski definition) is 1. The SMILES string of the molecule is CCC1CCC(Nc2cccc(Cl)c2-n2cncn2)CC1. The minimum Gasteiger partial charge on any atom is -0.381 e. The summed E-state index contributed by atoms with van der Waals surface area (Å²) >= 11 is 6.36. The first-order valence-corrected chi connectivity index (χ1v) is 8.05. The van der Waals surface area contributed by atoms with Gasteiger partial charge in [-0.15, -0.1) is 0 Å². The maximum Gasteiger partial charge on any atom is 0.138 e. The van der Waals surface area contributed by atoms with Gasteiger partial charge in [0.2, 0.25) is 0 Å². The number of anilines is 1. The summed E-state index contributed by atoms with van der Waals surface area (Å²) in [6.45, 7) is 2.29. The molecule has 1 aromatic carbocycles. The van der Waals surface area contributed by atoms with Gasteiger partial charge in [0.25, 0.3) is 0 Å². The Labute approximate surface area is 130 Å². The van der Waals surface area contributed by atoms with Gasteiger partial charge in [-0.25, -0.2) is 9.67 Å². The Balaban J connectivity index is 1.79. The predicted molar refractivity (Wildman–Crippen MR) is 86.0 cm³/mol. The second kappa shape index (κ2) is 6.48. The van der Waals surface area contributed by atoms with E-state index in [0.717, 1.165) is 17.3 Å². The molecule has 2 aromatic rings. The van der Waals surface area contributed by atoms with Crippen LogP contribution in [0, 0.1) is 5.92 Å². The van der Waals surface area contributed by atoms with Gasteiger partial charge < -0.3 is 5.32 Å². The molecule has 0 bridgehead atoms. The van der Waals surface area contributed by atoms with E-state index < -0.39 is 0 Å². The molecule has 0 saturated heterocycles. The normalized spacial score (nSPS) is 22.2. The van der Waals surface area contributed by atoms with Crippen molar-refractivity contribution in [2.75, 3.05) is 5.32 Å². The highest BCUT2D eigenvalue weighted by Gasteiger charge is 2.21. The van der Waals surface area contributed by atoms with Crippen LogP contribution in [0.3, 0.4) is 0 Å². The van der Waals surface area contributed by atoms with Crippen LogP contribution in [0.25, 0.3) is 5.69 Å². The van der Waals surface area contributed by atoms with Crippen LogP contribution in [-0.2, 0) is 0 Å². The number of para-hydroxylation sites is 1. The Bertz CT molecular complexity index is 574. The van der Waals surface area contributed by atoms with Crippen LogP contribution in [0.5, 0.6) is 0 Å². The van der Waals surface area contributed by atoms with Crippen molar-refractivity contribution < 1.29 is 0 Å². The lowest BCUT2D eigenvalue weighted by Crippen LogP contribution is -2.26. The van der Waals surface area contributed by atoms with E-state index in [1.165, 1.54) is 38.4 Å². The Kier molecular flexibility index (Phi) is 4.44. The molecule has 112 valence electrons. The molecule has 0 spiro atoms. The smallest absolute Gasteiger partial charge is 0.138 e. The van der Waals surface area contributed by atoms with E-state index in [2.05, 4.69) is 28.4 Å². The fourth-order valence-corrected chi connectivity index (χ4v) is 3.38. The molecule has 1 N–H and O–H groups in total. The number of benzene rings is 1. The lowest BCUT2D eigenvalue weighted by molar-refractivity contribution is 0.330. The highest BCUT2D eigenvalue weighted by Crippen LogP contribution is 2.32. The number of nitrogens with one attached hydrogen (secondary N) is 1. The lowest BCUT2D eigenvalue weighted by atomic mass is 9.84. The first-order valence-electron chi connectivity index (χ1n) is 7.68. The largest absolute Gasteiger partial charge is 0.381 e. The highest BCUT2D eigenvalue weighted by atomic mass is 35.5. The molecule has 0 amide bonds. The molecule has 0 unspecified atom stereocenters. The molecule has 1 aliphatic rings. The van der Waals surface area contributed by atoms with E-state index in [4.69, 9.17) is 11.6 Å². The van der Waals surface area contributed by atoms with Crippen molar-refractivity contribution in [2.45, 2.75) is 45.1 Å². The second-order valence-corrected chi connectivity index (χ2v) is 6.15. The summed E-state index contributed by atoms with van der Waals surface area (Å²) in [5.74, 6) is 0.900. The van der Waals surface area contributed by atoms with Gasteiger partial charge in [0, 0.05) is 6.04 Å². The number of rotatable bonds is 4. The third-order valence-electron chi connectivity index (χ3n) is 4.42. The van der Waals surface area contributed by atoms with E-state index in [1.807, 2.05) is 12.1 Å². The Morgan fingerprint density at radius 1 is 1.29 bits per heavy atom. The van der Waals surface area contributed by atoms with Crippen molar-refractivity contribution >= 4 is 17.3 Å². The summed E-state index contributed by atoms with van der Waals surface area (Å²) in [6.07, 6.45) is 9.58. The van der Waals surface area contributed by atoms with Crippen LogP contribution in [-0.4, -0.2) is 20.8 Å². The van der Waals surface area contributed by atoms with Gasteiger partial charge >= 0.3 is 0 Å². The lowest BCUT2D eigenvalue weighted by Gasteiger charge is -2.29. The topological polar surface area (TPSA) is 42.7 Å². The van der Waals surface area contributed by atoms with Crippen molar-refractivity contribution in [3.05, 3.63) is 35.9 Å². The molecular weight excluding hydrogens is 284 g/mol. The minimum absolute atomic E-state index is 0.522. The van der Waals surface area contributed by atoms with Gasteiger partial charge in [-0.05, 0) is 43.7 Å². The molecule has 3 rings (SSSR count). The van der Waals surface area contributed by atoms with Crippen molar-refractivity contribution in [1.82, 2.24) is 14.8 Å². The highest BCUT2D eigenvalue weighted by molar-refractivity contribution is 6.33. The minimum atomic E-state index is 0.522. The number of hydrogen-bond acceptors (Lipinski definition) is 3. The van der Waals surface area contributed by atoms with Crippen molar-refractivity contribution in [2.24, 2.45) is 5.92 Å². The summed E-state index contributed by atoms with van der Waals surface area (Å²) < 4.78 is 1.72. The molecular formula is C16H21ClN4. The number of nitrogens with zero attached hydrogens (tertiary/aromatic N) is 3. The average molecular weight is 305 g/mol.